The molecule has 0 saturated carbocycles. The molecule has 1 aromatic heterocycles. The van der Waals surface area contributed by atoms with Crippen molar-refractivity contribution in [3.8, 4) is 28.6 Å². The maximum absolute atomic E-state index is 14.3. The van der Waals surface area contributed by atoms with Crippen LogP contribution < -0.4 is 15.2 Å². The van der Waals surface area contributed by atoms with E-state index in [0.717, 1.165) is 11.1 Å². The first-order valence-electron chi connectivity index (χ1n) is 9.84. The van der Waals surface area contributed by atoms with Crippen molar-refractivity contribution < 1.29 is 28.2 Å². The van der Waals surface area contributed by atoms with Gasteiger partial charge in [-0.1, -0.05) is 43.1 Å². The number of rotatable bonds is 9. The van der Waals surface area contributed by atoms with E-state index in [9.17, 15) is 18.7 Å². The Morgan fingerprint density at radius 3 is 2.56 bits per heavy atom. The monoisotopic (exact) mass is 462 g/mol. The number of nitrogens with two attached hydrogens (primary N) is 1. The van der Waals surface area contributed by atoms with Gasteiger partial charge < -0.3 is 20.3 Å². The number of benzene rings is 2. The van der Waals surface area contributed by atoms with Crippen LogP contribution in [0.25, 0.3) is 11.1 Å². The lowest BCUT2D eigenvalue weighted by atomic mass is 10.0. The molecule has 0 aliphatic carbocycles. The summed E-state index contributed by atoms with van der Waals surface area (Å²) in [5, 5.41) is 9.54. The Morgan fingerprint density at radius 2 is 1.88 bits per heavy atom. The number of halogens is 3. The van der Waals surface area contributed by atoms with Gasteiger partial charge in [-0.05, 0) is 47.4 Å². The number of aromatic nitrogens is 1. The van der Waals surface area contributed by atoms with Crippen molar-refractivity contribution in [2.75, 3.05) is 0 Å². The van der Waals surface area contributed by atoms with Crippen molar-refractivity contribution in [2.24, 2.45) is 5.73 Å². The number of hydrogen-bond acceptors (Lipinski definition) is 5. The van der Waals surface area contributed by atoms with Gasteiger partial charge in [0.15, 0.2) is 17.7 Å². The van der Waals surface area contributed by atoms with E-state index in [2.05, 4.69) is 4.98 Å². The van der Waals surface area contributed by atoms with Crippen molar-refractivity contribution in [3.05, 3.63) is 70.8 Å². The zero-order chi connectivity index (χ0) is 23.3. The molecule has 0 saturated heterocycles. The van der Waals surface area contributed by atoms with E-state index in [0.29, 0.717) is 29.6 Å². The third-order valence-electron chi connectivity index (χ3n) is 4.53. The van der Waals surface area contributed by atoms with Crippen LogP contribution in [0.5, 0.6) is 17.5 Å². The minimum atomic E-state index is -1.33. The quantitative estimate of drug-likeness (QED) is 0.432. The molecule has 0 aliphatic rings. The highest BCUT2D eigenvalue weighted by molar-refractivity contribution is 6.31. The zero-order valence-electron chi connectivity index (χ0n) is 17.1. The smallest absolute Gasteiger partial charge is 0.344 e. The fourth-order valence-corrected chi connectivity index (χ4v) is 3.22. The Kier molecular flexibility index (Phi) is 7.61. The maximum Gasteiger partial charge on any atom is 0.344 e. The Bertz CT molecular complexity index is 1130. The number of carboxylic acid groups (broad SMARTS) is 1. The van der Waals surface area contributed by atoms with Gasteiger partial charge in [0.05, 0.1) is 0 Å². The molecular weight excluding hydrogens is 442 g/mol. The van der Waals surface area contributed by atoms with E-state index in [1.54, 1.807) is 19.1 Å². The van der Waals surface area contributed by atoms with E-state index in [1.807, 2.05) is 24.3 Å². The van der Waals surface area contributed by atoms with Crippen molar-refractivity contribution >= 4 is 17.6 Å². The molecule has 2 aromatic carbocycles. The van der Waals surface area contributed by atoms with Gasteiger partial charge in [-0.25, -0.2) is 13.6 Å². The molecule has 1 unspecified atom stereocenters. The standard InChI is InChI=1S/C23H21ClF2N2O4/c1-2-4-20(23(29)30)32-22-19(26)11-18(25)21(28-22)31-17-9-15(8-16(24)10-17)14-6-3-5-13(7-14)12-27/h3,5-11,20H,2,4,12,27H2,1H3,(H,29,30). The van der Waals surface area contributed by atoms with Crippen LogP contribution in [0.3, 0.4) is 0 Å². The summed E-state index contributed by atoms with van der Waals surface area (Å²) in [4.78, 5) is 15.0. The molecule has 3 aromatic rings. The molecule has 1 heterocycles. The maximum atomic E-state index is 14.3. The average Bonchev–Trinajstić information content (AvgIpc) is 2.76. The van der Waals surface area contributed by atoms with E-state index in [4.69, 9.17) is 26.8 Å². The first-order chi connectivity index (χ1) is 15.3. The van der Waals surface area contributed by atoms with Crippen molar-refractivity contribution in [1.82, 2.24) is 4.98 Å². The summed E-state index contributed by atoms with van der Waals surface area (Å²) in [6.07, 6.45) is -0.712. The SMILES string of the molecule is CCCC(Oc1nc(Oc2cc(Cl)cc(-c3cccc(CN)c3)c2)c(F)cc1F)C(=O)O. The number of hydrogen-bond donors (Lipinski definition) is 2. The normalized spacial score (nSPS) is 11.8. The number of nitrogens with zero attached hydrogens (tertiary/aromatic N) is 1. The van der Waals surface area contributed by atoms with Crippen molar-refractivity contribution in [2.45, 2.75) is 32.4 Å². The number of ether oxygens (including phenoxy) is 2. The van der Waals surface area contributed by atoms with Gasteiger partial charge in [0.25, 0.3) is 11.8 Å². The Labute approximate surface area is 188 Å². The topological polar surface area (TPSA) is 94.7 Å². The number of carboxylic acids is 1. The van der Waals surface area contributed by atoms with Crippen LogP contribution in [0.1, 0.15) is 25.3 Å². The van der Waals surface area contributed by atoms with Gasteiger partial charge in [-0.15, -0.1) is 0 Å². The number of aliphatic carboxylic acids is 1. The molecule has 0 spiro atoms. The molecule has 0 aliphatic heterocycles. The summed E-state index contributed by atoms with van der Waals surface area (Å²) >= 11 is 6.21. The van der Waals surface area contributed by atoms with Gasteiger partial charge in [-0.2, -0.15) is 4.98 Å². The van der Waals surface area contributed by atoms with E-state index >= 15 is 0 Å². The van der Waals surface area contributed by atoms with Crippen molar-refractivity contribution in [1.29, 1.82) is 0 Å². The fraction of sp³-hybridized carbons (Fsp3) is 0.217. The molecule has 32 heavy (non-hydrogen) atoms. The van der Waals surface area contributed by atoms with Gasteiger partial charge in [0.2, 0.25) is 0 Å². The van der Waals surface area contributed by atoms with Crippen molar-refractivity contribution in [3.63, 3.8) is 0 Å². The third kappa shape index (κ3) is 5.72. The molecule has 168 valence electrons. The second-order valence-corrected chi connectivity index (χ2v) is 7.41. The van der Waals surface area contributed by atoms with E-state index in [1.165, 1.54) is 6.07 Å². The van der Waals surface area contributed by atoms with Crippen LogP contribution in [0.15, 0.2) is 48.5 Å². The minimum absolute atomic E-state index is 0.129. The highest BCUT2D eigenvalue weighted by atomic mass is 35.5. The Morgan fingerprint density at radius 1 is 1.12 bits per heavy atom. The summed E-state index contributed by atoms with van der Waals surface area (Å²) in [7, 11) is 0. The molecule has 1 atom stereocenters. The van der Waals surface area contributed by atoms with Crippen LogP contribution in [0, 0.1) is 11.6 Å². The van der Waals surface area contributed by atoms with E-state index < -0.39 is 35.5 Å². The fourth-order valence-electron chi connectivity index (χ4n) is 3.00. The predicted octanol–water partition coefficient (Wildman–Crippen LogP) is 5.56. The van der Waals surface area contributed by atoms with Gasteiger partial charge >= 0.3 is 5.97 Å². The Balaban J connectivity index is 1.93. The largest absolute Gasteiger partial charge is 0.479 e. The third-order valence-corrected chi connectivity index (χ3v) is 4.75. The molecule has 0 radical (unpaired) electrons. The minimum Gasteiger partial charge on any atom is -0.479 e. The highest BCUT2D eigenvalue weighted by Gasteiger charge is 2.23. The molecule has 3 rings (SSSR count). The molecular formula is C23H21ClF2N2O4. The Hall–Kier alpha value is -3.23. The lowest BCUT2D eigenvalue weighted by molar-refractivity contribution is -0.145. The summed E-state index contributed by atoms with van der Waals surface area (Å²) < 4.78 is 39.2. The van der Waals surface area contributed by atoms with Crippen LogP contribution in [0.2, 0.25) is 5.02 Å². The lowest BCUT2D eigenvalue weighted by Gasteiger charge is -2.15. The molecule has 6 nitrogen and oxygen atoms in total. The second kappa shape index (κ2) is 10.4. The second-order valence-electron chi connectivity index (χ2n) is 6.98. The molecule has 0 amide bonds. The number of pyridine rings is 1. The van der Waals surface area contributed by atoms with Crippen LogP contribution in [-0.2, 0) is 11.3 Å². The first-order valence-corrected chi connectivity index (χ1v) is 10.2. The van der Waals surface area contributed by atoms with Crippen LogP contribution in [-0.4, -0.2) is 22.2 Å². The van der Waals surface area contributed by atoms with Gasteiger partial charge in [0.1, 0.15) is 5.75 Å². The summed E-state index contributed by atoms with van der Waals surface area (Å²) in [6, 6.07) is 12.8. The van der Waals surface area contributed by atoms with Gasteiger partial charge in [0, 0.05) is 17.6 Å². The highest BCUT2D eigenvalue weighted by Crippen LogP contribution is 2.33. The summed E-state index contributed by atoms with van der Waals surface area (Å²) in [5.74, 6) is -4.59. The van der Waals surface area contributed by atoms with Crippen LogP contribution in [0.4, 0.5) is 8.78 Å². The number of carbonyl (C=O) groups is 1. The zero-order valence-corrected chi connectivity index (χ0v) is 17.9. The molecule has 3 N–H and O–H groups in total. The molecule has 0 fully saturated rings. The van der Waals surface area contributed by atoms with E-state index in [-0.39, 0.29) is 12.2 Å². The van der Waals surface area contributed by atoms with Crippen LogP contribution >= 0.6 is 11.6 Å². The first kappa shape index (κ1) is 23.4. The predicted molar refractivity (Wildman–Crippen MR) is 116 cm³/mol. The summed E-state index contributed by atoms with van der Waals surface area (Å²) in [5.41, 5.74) is 8.12. The average molecular weight is 463 g/mol. The molecule has 0 bridgehead atoms. The summed E-state index contributed by atoms with van der Waals surface area (Å²) in [6.45, 7) is 2.11. The lowest BCUT2D eigenvalue weighted by Crippen LogP contribution is -2.27. The molecule has 9 heteroatoms. The van der Waals surface area contributed by atoms with Gasteiger partial charge in [-0.3, -0.25) is 0 Å².